The number of piperidine rings is 1. The molecule has 0 radical (unpaired) electrons. The average Bonchev–Trinajstić information content (AvgIpc) is 2.81. The van der Waals surface area contributed by atoms with Gasteiger partial charge in [-0.15, -0.1) is 0 Å². The molecule has 1 aliphatic heterocycles. The van der Waals surface area contributed by atoms with E-state index in [0.29, 0.717) is 19.4 Å². The number of hydrogen-bond donors (Lipinski definition) is 1. The Kier molecular flexibility index (Phi) is 4.27. The quantitative estimate of drug-likeness (QED) is 0.839. The molecular weight excluding hydrogens is 254 g/mol. The molecule has 6 heteroatoms. The van der Waals surface area contributed by atoms with Gasteiger partial charge in [0.05, 0.1) is 11.7 Å². The fourth-order valence-electron chi connectivity index (χ4n) is 2.98. The average molecular weight is 275 g/mol. The van der Waals surface area contributed by atoms with Gasteiger partial charge in [0.15, 0.2) is 0 Å². The second kappa shape index (κ2) is 5.57. The third kappa shape index (κ3) is 3.23. The molecule has 2 rings (SSSR count). The van der Waals surface area contributed by atoms with E-state index < -0.39 is 21.9 Å². The summed E-state index contributed by atoms with van der Waals surface area (Å²) in [5.74, 6) is -0.924. The summed E-state index contributed by atoms with van der Waals surface area (Å²) in [6, 6.07) is 0. The first-order valence-electron chi connectivity index (χ1n) is 6.69. The largest absolute Gasteiger partial charge is 0.481 e. The number of sulfonamides is 1. The third-order valence-corrected chi connectivity index (χ3v) is 6.06. The van der Waals surface area contributed by atoms with E-state index in [9.17, 15) is 13.2 Å². The van der Waals surface area contributed by atoms with Gasteiger partial charge >= 0.3 is 5.97 Å². The maximum Gasteiger partial charge on any atom is 0.307 e. The van der Waals surface area contributed by atoms with Crippen LogP contribution in [-0.2, 0) is 14.8 Å². The smallest absolute Gasteiger partial charge is 0.307 e. The van der Waals surface area contributed by atoms with Crippen molar-refractivity contribution in [2.24, 2.45) is 11.8 Å². The molecule has 18 heavy (non-hydrogen) atoms. The molecule has 1 heterocycles. The fourth-order valence-corrected chi connectivity index (χ4v) is 4.93. The van der Waals surface area contributed by atoms with Crippen LogP contribution in [0.1, 0.15) is 38.5 Å². The number of carboxylic acid groups (broad SMARTS) is 1. The molecule has 0 amide bonds. The fraction of sp³-hybridized carbons (Fsp3) is 0.917. The van der Waals surface area contributed by atoms with Crippen LogP contribution in [0.4, 0.5) is 0 Å². The van der Waals surface area contributed by atoms with Crippen molar-refractivity contribution in [3.05, 3.63) is 0 Å². The van der Waals surface area contributed by atoms with E-state index in [4.69, 9.17) is 5.11 Å². The van der Waals surface area contributed by atoms with Gasteiger partial charge in [0.2, 0.25) is 10.0 Å². The lowest BCUT2D eigenvalue weighted by atomic mass is 10.0. The molecule has 1 unspecified atom stereocenters. The van der Waals surface area contributed by atoms with Gasteiger partial charge in [0.25, 0.3) is 0 Å². The summed E-state index contributed by atoms with van der Waals surface area (Å²) in [4.78, 5) is 10.9. The molecule has 104 valence electrons. The molecular formula is C12H21NO4S. The molecule has 2 fully saturated rings. The molecule has 1 atom stereocenters. The Labute approximate surface area is 108 Å². The molecule has 0 aromatic heterocycles. The summed E-state index contributed by atoms with van der Waals surface area (Å²) in [7, 11) is -3.26. The number of nitrogens with zero attached hydrogens (tertiary/aromatic N) is 1. The topological polar surface area (TPSA) is 74.7 Å². The summed E-state index contributed by atoms with van der Waals surface area (Å²) in [6.45, 7) is 0.642. The van der Waals surface area contributed by atoms with E-state index in [-0.39, 0.29) is 18.2 Å². The monoisotopic (exact) mass is 275 g/mol. The first-order valence-corrected chi connectivity index (χ1v) is 8.30. The minimum atomic E-state index is -3.26. The molecule has 1 saturated carbocycles. The Morgan fingerprint density at radius 1 is 1.17 bits per heavy atom. The first kappa shape index (κ1) is 13.8. The van der Waals surface area contributed by atoms with Crippen LogP contribution in [0.2, 0.25) is 0 Å². The van der Waals surface area contributed by atoms with E-state index in [0.717, 1.165) is 25.7 Å². The van der Waals surface area contributed by atoms with Crippen LogP contribution < -0.4 is 0 Å². The van der Waals surface area contributed by atoms with E-state index in [1.807, 2.05) is 0 Å². The van der Waals surface area contributed by atoms with Crippen molar-refractivity contribution >= 4 is 16.0 Å². The lowest BCUT2D eigenvalue weighted by Crippen LogP contribution is -2.44. The second-order valence-corrected chi connectivity index (χ2v) is 7.48. The van der Waals surface area contributed by atoms with E-state index in [1.54, 1.807) is 0 Å². The van der Waals surface area contributed by atoms with Crippen molar-refractivity contribution in [3.8, 4) is 0 Å². The Morgan fingerprint density at radius 3 is 2.44 bits per heavy atom. The molecule has 0 aromatic rings. The maximum absolute atomic E-state index is 12.2. The highest BCUT2D eigenvalue weighted by Crippen LogP contribution is 2.28. The molecule has 1 N–H and O–H groups in total. The van der Waals surface area contributed by atoms with Crippen LogP contribution in [0.15, 0.2) is 0 Å². The zero-order chi connectivity index (χ0) is 13.2. The standard InChI is InChI=1S/C12H21NO4S/c14-12(15)11-6-3-7-13(8-11)18(16,17)9-10-4-1-2-5-10/h10-11H,1-9H2,(H,14,15). The van der Waals surface area contributed by atoms with Crippen LogP contribution in [0, 0.1) is 11.8 Å². The van der Waals surface area contributed by atoms with Crippen molar-refractivity contribution in [1.82, 2.24) is 4.31 Å². The Balaban J connectivity index is 1.97. The van der Waals surface area contributed by atoms with Crippen molar-refractivity contribution in [3.63, 3.8) is 0 Å². The number of rotatable bonds is 4. The van der Waals surface area contributed by atoms with Crippen molar-refractivity contribution in [2.45, 2.75) is 38.5 Å². The SMILES string of the molecule is O=C(O)C1CCCN(S(=O)(=O)CC2CCCC2)C1. The predicted octanol–water partition coefficient (Wildman–Crippen LogP) is 1.30. The molecule has 1 aliphatic carbocycles. The molecule has 0 aromatic carbocycles. The number of hydrogen-bond acceptors (Lipinski definition) is 3. The normalized spacial score (nSPS) is 27.4. The third-order valence-electron chi connectivity index (χ3n) is 4.05. The minimum Gasteiger partial charge on any atom is -0.481 e. The lowest BCUT2D eigenvalue weighted by molar-refractivity contribution is -0.142. The van der Waals surface area contributed by atoms with E-state index in [2.05, 4.69) is 0 Å². The summed E-state index contributed by atoms with van der Waals surface area (Å²) in [5, 5.41) is 8.98. The number of aliphatic carboxylic acids is 1. The lowest BCUT2D eigenvalue weighted by Gasteiger charge is -2.30. The number of carboxylic acids is 1. The summed E-state index contributed by atoms with van der Waals surface area (Å²) in [6.07, 6.45) is 5.48. The van der Waals surface area contributed by atoms with E-state index in [1.165, 1.54) is 4.31 Å². The summed E-state index contributed by atoms with van der Waals surface area (Å²) in [5.41, 5.74) is 0. The van der Waals surface area contributed by atoms with E-state index >= 15 is 0 Å². The summed E-state index contributed by atoms with van der Waals surface area (Å²) < 4.78 is 25.9. The van der Waals surface area contributed by atoms with Gasteiger partial charge in [-0.05, 0) is 31.6 Å². The molecule has 0 spiro atoms. The van der Waals surface area contributed by atoms with Crippen molar-refractivity contribution in [1.29, 1.82) is 0 Å². The highest BCUT2D eigenvalue weighted by molar-refractivity contribution is 7.89. The van der Waals surface area contributed by atoms with Gasteiger partial charge in [0, 0.05) is 13.1 Å². The van der Waals surface area contributed by atoms with Crippen molar-refractivity contribution in [2.75, 3.05) is 18.8 Å². The Hall–Kier alpha value is -0.620. The molecule has 2 aliphatic rings. The van der Waals surface area contributed by atoms with Gasteiger partial charge in [-0.1, -0.05) is 12.8 Å². The minimum absolute atomic E-state index is 0.157. The van der Waals surface area contributed by atoms with Crippen LogP contribution >= 0.6 is 0 Å². The molecule has 5 nitrogen and oxygen atoms in total. The van der Waals surface area contributed by atoms with Crippen molar-refractivity contribution < 1.29 is 18.3 Å². The van der Waals surface area contributed by atoms with Gasteiger partial charge in [-0.3, -0.25) is 4.79 Å². The van der Waals surface area contributed by atoms with Gasteiger partial charge in [0.1, 0.15) is 0 Å². The Bertz CT molecular complexity index is 400. The second-order valence-electron chi connectivity index (χ2n) is 5.46. The molecule has 0 bridgehead atoms. The zero-order valence-corrected chi connectivity index (χ0v) is 11.4. The predicted molar refractivity (Wildman–Crippen MR) is 67.7 cm³/mol. The van der Waals surface area contributed by atoms with Gasteiger partial charge in [-0.2, -0.15) is 0 Å². The van der Waals surface area contributed by atoms with Gasteiger partial charge in [-0.25, -0.2) is 12.7 Å². The number of carbonyl (C=O) groups is 1. The summed E-state index contributed by atoms with van der Waals surface area (Å²) >= 11 is 0. The van der Waals surface area contributed by atoms with Crippen LogP contribution in [0.3, 0.4) is 0 Å². The zero-order valence-electron chi connectivity index (χ0n) is 10.5. The van der Waals surface area contributed by atoms with Crippen LogP contribution in [-0.4, -0.2) is 42.6 Å². The molecule has 1 saturated heterocycles. The van der Waals surface area contributed by atoms with Crippen LogP contribution in [0.5, 0.6) is 0 Å². The first-order chi connectivity index (χ1) is 8.49. The Morgan fingerprint density at radius 2 is 1.83 bits per heavy atom. The highest BCUT2D eigenvalue weighted by Gasteiger charge is 2.34. The van der Waals surface area contributed by atoms with Gasteiger partial charge < -0.3 is 5.11 Å². The maximum atomic E-state index is 12.2. The highest BCUT2D eigenvalue weighted by atomic mass is 32.2. The van der Waals surface area contributed by atoms with Crippen LogP contribution in [0.25, 0.3) is 0 Å².